The predicted molar refractivity (Wildman–Crippen MR) is 89.3 cm³/mol. The number of aromatic hydroxyl groups is 1. The van der Waals surface area contributed by atoms with E-state index in [1.54, 1.807) is 0 Å². The topological polar surface area (TPSA) is 133 Å². The van der Waals surface area contributed by atoms with E-state index in [9.17, 15) is 23.1 Å². The maximum atomic E-state index is 12.5. The van der Waals surface area contributed by atoms with Crippen LogP contribution in [0.1, 0.15) is 22.3 Å². The second kappa shape index (κ2) is 6.10. The van der Waals surface area contributed by atoms with Crippen molar-refractivity contribution in [2.45, 2.75) is 17.7 Å². The Morgan fingerprint density at radius 1 is 1.12 bits per heavy atom. The SMILES string of the molecule is O=C1CCc2cc(S(=O)(=O)Nc3ccc(C(=O)O)c(O)c3)ccc2N1. The van der Waals surface area contributed by atoms with Gasteiger partial charge in [0.1, 0.15) is 11.3 Å². The Bertz CT molecular complexity index is 984. The maximum Gasteiger partial charge on any atom is 0.339 e. The number of fused-ring (bicyclic) bond motifs is 1. The molecule has 1 aliphatic rings. The lowest BCUT2D eigenvalue weighted by molar-refractivity contribution is -0.116. The molecule has 3 rings (SSSR count). The van der Waals surface area contributed by atoms with Crippen molar-refractivity contribution in [1.82, 2.24) is 0 Å². The van der Waals surface area contributed by atoms with Gasteiger partial charge in [0.25, 0.3) is 10.0 Å². The Morgan fingerprint density at radius 3 is 2.56 bits per heavy atom. The molecule has 2 aromatic carbocycles. The predicted octanol–water partition coefficient (Wildman–Crippen LogP) is 1.78. The van der Waals surface area contributed by atoms with Crippen molar-refractivity contribution in [3.8, 4) is 5.75 Å². The van der Waals surface area contributed by atoms with E-state index in [4.69, 9.17) is 5.11 Å². The number of carboxylic acids is 1. The van der Waals surface area contributed by atoms with Crippen LogP contribution in [0.5, 0.6) is 5.75 Å². The first kappa shape index (κ1) is 16.8. The Labute approximate surface area is 143 Å². The van der Waals surface area contributed by atoms with Crippen molar-refractivity contribution < 1.29 is 28.2 Å². The number of nitrogens with one attached hydrogen (secondary N) is 2. The number of carbonyl (C=O) groups excluding carboxylic acids is 1. The zero-order valence-corrected chi connectivity index (χ0v) is 13.6. The lowest BCUT2D eigenvalue weighted by atomic mass is 10.0. The lowest BCUT2D eigenvalue weighted by Gasteiger charge is -2.18. The first-order valence-corrected chi connectivity index (χ1v) is 8.76. The molecule has 1 heterocycles. The normalized spacial score (nSPS) is 13.7. The average molecular weight is 362 g/mol. The van der Waals surface area contributed by atoms with E-state index >= 15 is 0 Å². The summed E-state index contributed by atoms with van der Waals surface area (Å²) < 4.78 is 27.3. The molecule has 0 radical (unpaired) electrons. The fourth-order valence-corrected chi connectivity index (χ4v) is 3.62. The van der Waals surface area contributed by atoms with Crippen molar-refractivity contribution in [3.63, 3.8) is 0 Å². The van der Waals surface area contributed by atoms with Gasteiger partial charge in [0.05, 0.1) is 10.6 Å². The minimum atomic E-state index is -3.93. The molecule has 25 heavy (non-hydrogen) atoms. The number of aryl methyl sites for hydroxylation is 1. The minimum Gasteiger partial charge on any atom is -0.507 e. The van der Waals surface area contributed by atoms with Gasteiger partial charge >= 0.3 is 5.97 Å². The van der Waals surface area contributed by atoms with Gasteiger partial charge in [0, 0.05) is 18.2 Å². The van der Waals surface area contributed by atoms with E-state index in [-0.39, 0.29) is 28.5 Å². The minimum absolute atomic E-state index is 0.00389. The fraction of sp³-hybridized carbons (Fsp3) is 0.125. The van der Waals surface area contributed by atoms with Gasteiger partial charge in [-0.25, -0.2) is 13.2 Å². The van der Waals surface area contributed by atoms with Crippen molar-refractivity contribution in [2.24, 2.45) is 0 Å². The number of phenols is 1. The van der Waals surface area contributed by atoms with E-state index in [0.29, 0.717) is 17.7 Å². The third-order valence-corrected chi connectivity index (χ3v) is 5.14. The molecule has 1 amide bonds. The summed E-state index contributed by atoms with van der Waals surface area (Å²) in [5, 5.41) is 21.2. The quantitative estimate of drug-likeness (QED) is 0.655. The number of sulfonamides is 1. The van der Waals surface area contributed by atoms with E-state index < -0.39 is 21.7 Å². The molecule has 130 valence electrons. The molecule has 4 N–H and O–H groups in total. The second-order valence-corrected chi connectivity index (χ2v) is 7.19. The molecule has 8 nitrogen and oxygen atoms in total. The molecule has 0 atom stereocenters. The zero-order valence-electron chi connectivity index (χ0n) is 12.8. The summed E-state index contributed by atoms with van der Waals surface area (Å²) in [6.07, 6.45) is 0.729. The Morgan fingerprint density at radius 2 is 1.88 bits per heavy atom. The molecule has 0 unspecified atom stereocenters. The number of aromatic carboxylic acids is 1. The van der Waals surface area contributed by atoms with Crippen molar-refractivity contribution in [3.05, 3.63) is 47.5 Å². The number of carboxylic acid groups (broad SMARTS) is 1. The fourth-order valence-electron chi connectivity index (χ4n) is 2.52. The standard InChI is InChI=1S/C16H14N2O6S/c19-14-8-10(2-4-12(14)16(21)22)18-25(23,24)11-3-5-13-9(7-11)1-6-15(20)17-13/h2-5,7-8,18-19H,1,6H2,(H,17,20)(H,21,22). The molecule has 0 saturated heterocycles. The lowest BCUT2D eigenvalue weighted by Crippen LogP contribution is -2.20. The zero-order chi connectivity index (χ0) is 18.2. The molecule has 0 fully saturated rings. The molecule has 9 heteroatoms. The summed E-state index contributed by atoms with van der Waals surface area (Å²) >= 11 is 0. The Balaban J connectivity index is 1.89. The molecule has 0 aliphatic carbocycles. The van der Waals surface area contributed by atoms with Crippen molar-refractivity contribution >= 4 is 33.3 Å². The smallest absolute Gasteiger partial charge is 0.339 e. The van der Waals surface area contributed by atoms with Crippen molar-refractivity contribution in [1.29, 1.82) is 0 Å². The number of hydrogen-bond donors (Lipinski definition) is 4. The van der Waals surface area contributed by atoms with E-state index in [1.807, 2.05) is 0 Å². The van der Waals surface area contributed by atoms with Crippen LogP contribution in [0.25, 0.3) is 0 Å². The van der Waals surface area contributed by atoms with Gasteiger partial charge in [-0.3, -0.25) is 9.52 Å². The van der Waals surface area contributed by atoms with Crippen LogP contribution in [0.4, 0.5) is 11.4 Å². The van der Waals surface area contributed by atoms with Crippen molar-refractivity contribution in [2.75, 3.05) is 10.0 Å². The molecule has 0 aromatic heterocycles. The highest BCUT2D eigenvalue weighted by atomic mass is 32.2. The van der Waals surface area contributed by atoms with Gasteiger partial charge < -0.3 is 15.5 Å². The summed E-state index contributed by atoms with van der Waals surface area (Å²) in [4.78, 5) is 22.2. The highest BCUT2D eigenvalue weighted by Gasteiger charge is 2.20. The van der Waals surface area contributed by atoms with E-state index in [0.717, 1.165) is 12.1 Å². The molecule has 1 aliphatic heterocycles. The highest BCUT2D eigenvalue weighted by molar-refractivity contribution is 7.92. The van der Waals surface area contributed by atoms with Crippen LogP contribution in [-0.4, -0.2) is 30.5 Å². The molecular formula is C16H14N2O6S. The van der Waals surface area contributed by atoms with Gasteiger partial charge in [-0.1, -0.05) is 0 Å². The summed E-state index contributed by atoms with van der Waals surface area (Å²) in [5.74, 6) is -1.97. The number of amides is 1. The largest absolute Gasteiger partial charge is 0.507 e. The number of rotatable bonds is 4. The third-order valence-electron chi connectivity index (χ3n) is 3.76. The summed E-state index contributed by atoms with van der Waals surface area (Å²) in [7, 11) is -3.93. The van der Waals surface area contributed by atoms with Crippen LogP contribution >= 0.6 is 0 Å². The second-order valence-electron chi connectivity index (χ2n) is 5.51. The first-order chi connectivity index (χ1) is 11.8. The van der Waals surface area contributed by atoms with E-state index in [1.165, 1.54) is 24.3 Å². The molecule has 0 spiro atoms. The number of anilines is 2. The first-order valence-electron chi connectivity index (χ1n) is 7.28. The average Bonchev–Trinajstić information content (AvgIpc) is 2.53. The summed E-state index contributed by atoms with van der Waals surface area (Å²) in [5.41, 5.74) is 1.01. The van der Waals surface area contributed by atoms with Gasteiger partial charge in [-0.05, 0) is 42.3 Å². The van der Waals surface area contributed by atoms with Gasteiger partial charge in [-0.2, -0.15) is 0 Å². The van der Waals surface area contributed by atoms with Gasteiger partial charge in [0.15, 0.2) is 0 Å². The molecule has 0 saturated carbocycles. The number of hydrogen-bond acceptors (Lipinski definition) is 5. The monoisotopic (exact) mass is 362 g/mol. The van der Waals surface area contributed by atoms with Crippen LogP contribution in [0.2, 0.25) is 0 Å². The van der Waals surface area contributed by atoms with E-state index in [2.05, 4.69) is 10.0 Å². The van der Waals surface area contributed by atoms with Crippen LogP contribution in [0.15, 0.2) is 41.3 Å². The van der Waals surface area contributed by atoms with Gasteiger partial charge in [0.2, 0.25) is 5.91 Å². The molecular weight excluding hydrogens is 348 g/mol. The number of benzene rings is 2. The Kier molecular flexibility index (Phi) is 4.09. The molecule has 2 aromatic rings. The number of carbonyl (C=O) groups is 2. The van der Waals surface area contributed by atoms with Gasteiger partial charge in [-0.15, -0.1) is 0 Å². The highest BCUT2D eigenvalue weighted by Crippen LogP contribution is 2.28. The van der Waals surface area contributed by atoms with Crippen LogP contribution in [0, 0.1) is 0 Å². The Hall–Kier alpha value is -3.07. The maximum absolute atomic E-state index is 12.5. The van der Waals surface area contributed by atoms with Crippen LogP contribution < -0.4 is 10.0 Å². The molecule has 0 bridgehead atoms. The van der Waals surface area contributed by atoms with Crippen LogP contribution in [0.3, 0.4) is 0 Å². The summed E-state index contributed by atoms with van der Waals surface area (Å²) in [6, 6.07) is 7.74. The summed E-state index contributed by atoms with van der Waals surface area (Å²) in [6.45, 7) is 0. The van der Waals surface area contributed by atoms with Crippen LogP contribution in [-0.2, 0) is 21.2 Å². The third kappa shape index (κ3) is 3.41.